The lowest BCUT2D eigenvalue weighted by atomic mass is 10.1. The highest BCUT2D eigenvalue weighted by atomic mass is 35.5. The normalized spacial score (nSPS) is 14.2. The number of nitrogens with one attached hydrogen (secondary N) is 2. The number of amides is 3. The number of amidine groups is 1. The van der Waals surface area contributed by atoms with Crippen LogP contribution in [0.3, 0.4) is 0 Å². The smallest absolute Gasteiger partial charge is 0.475 e. The molecule has 3 heterocycles. The number of benzene rings is 2. The molecule has 0 fully saturated rings. The van der Waals surface area contributed by atoms with Crippen molar-refractivity contribution in [2.75, 3.05) is 25.0 Å². The topological polar surface area (TPSA) is 128 Å². The van der Waals surface area contributed by atoms with Crippen LogP contribution in [0.2, 0.25) is 4.34 Å². The lowest BCUT2D eigenvalue weighted by molar-refractivity contribution is -0.192. The van der Waals surface area contributed by atoms with Gasteiger partial charge in [-0.15, -0.1) is 11.3 Å². The maximum Gasteiger partial charge on any atom is 0.490 e. The van der Waals surface area contributed by atoms with E-state index in [4.69, 9.17) is 21.5 Å². The van der Waals surface area contributed by atoms with Crippen molar-refractivity contribution in [3.8, 4) is 0 Å². The maximum atomic E-state index is 13.1. The fourth-order valence-corrected chi connectivity index (χ4v) is 4.86. The first kappa shape index (κ1) is 28.8. The van der Waals surface area contributed by atoms with Crippen LogP contribution in [-0.4, -0.2) is 65.3 Å². The van der Waals surface area contributed by atoms with E-state index in [1.807, 2.05) is 24.3 Å². The summed E-state index contributed by atoms with van der Waals surface area (Å²) in [7, 11) is 0. The summed E-state index contributed by atoms with van der Waals surface area (Å²) in [4.78, 5) is 53.5. The van der Waals surface area contributed by atoms with E-state index in [1.165, 1.54) is 4.90 Å². The predicted octanol–water partition coefficient (Wildman–Crippen LogP) is 4.48. The first-order chi connectivity index (χ1) is 19.0. The van der Waals surface area contributed by atoms with E-state index in [1.54, 1.807) is 30.3 Å². The molecule has 0 bridgehead atoms. The number of thiophene rings is 1. The number of hydrogen-bond donors (Lipinski definition) is 3. The molecule has 3 aromatic rings. The molecule has 0 aliphatic carbocycles. The number of fused-ring (bicyclic) bond motifs is 1. The molecule has 0 unspecified atom stereocenters. The summed E-state index contributed by atoms with van der Waals surface area (Å²) in [6.45, 7) is 1.87. The van der Waals surface area contributed by atoms with Gasteiger partial charge in [-0.05, 0) is 36.2 Å². The van der Waals surface area contributed by atoms with E-state index in [2.05, 4.69) is 15.6 Å². The second-order valence-corrected chi connectivity index (χ2v) is 10.2. The van der Waals surface area contributed by atoms with Gasteiger partial charge < -0.3 is 15.7 Å². The van der Waals surface area contributed by atoms with Crippen molar-refractivity contribution in [2.45, 2.75) is 12.6 Å². The van der Waals surface area contributed by atoms with Crippen molar-refractivity contribution >= 4 is 58.2 Å². The molecule has 3 N–H and O–H groups in total. The summed E-state index contributed by atoms with van der Waals surface area (Å²) in [5.74, 6) is -3.00. The number of anilines is 1. The summed E-state index contributed by atoms with van der Waals surface area (Å²) in [5.41, 5.74) is 2.86. The van der Waals surface area contributed by atoms with Crippen LogP contribution in [-0.2, 0) is 11.2 Å². The van der Waals surface area contributed by atoms with Crippen LogP contribution in [0.15, 0.2) is 59.6 Å². The number of alkyl halides is 3. The van der Waals surface area contributed by atoms with E-state index in [0.717, 1.165) is 41.4 Å². The van der Waals surface area contributed by atoms with Crippen LogP contribution in [0.25, 0.3) is 0 Å². The van der Waals surface area contributed by atoms with E-state index >= 15 is 0 Å². The van der Waals surface area contributed by atoms with Gasteiger partial charge in [-0.3, -0.25) is 24.3 Å². The first-order valence-corrected chi connectivity index (χ1v) is 12.9. The second-order valence-electron chi connectivity index (χ2n) is 8.45. The Kier molecular flexibility index (Phi) is 8.55. The highest BCUT2D eigenvalue weighted by Gasteiger charge is 2.38. The predicted molar refractivity (Wildman–Crippen MR) is 142 cm³/mol. The maximum absolute atomic E-state index is 13.1. The zero-order valence-corrected chi connectivity index (χ0v) is 22.0. The number of imide groups is 1. The summed E-state index contributed by atoms with van der Waals surface area (Å²) in [6.07, 6.45) is -4.55. The molecule has 2 aliphatic rings. The van der Waals surface area contributed by atoms with E-state index in [9.17, 15) is 27.6 Å². The fourth-order valence-electron chi connectivity index (χ4n) is 3.92. The van der Waals surface area contributed by atoms with Gasteiger partial charge in [0.2, 0.25) is 0 Å². The lowest BCUT2D eigenvalue weighted by Gasteiger charge is -2.14. The molecule has 2 aromatic carbocycles. The van der Waals surface area contributed by atoms with Crippen molar-refractivity contribution < 1.29 is 37.5 Å². The lowest BCUT2D eigenvalue weighted by Crippen LogP contribution is -2.32. The number of rotatable bonds is 6. The number of carboxylic acids is 1. The number of aliphatic imine (C=N–C) groups is 1. The summed E-state index contributed by atoms with van der Waals surface area (Å²) < 4.78 is 32.2. The van der Waals surface area contributed by atoms with Crippen molar-refractivity contribution in [1.82, 2.24) is 10.2 Å². The molecule has 0 atom stereocenters. The molecule has 14 heteroatoms. The summed E-state index contributed by atoms with van der Waals surface area (Å²) >= 11 is 7.06. The van der Waals surface area contributed by atoms with Crippen LogP contribution in [0, 0.1) is 0 Å². The van der Waals surface area contributed by atoms with Crippen molar-refractivity contribution in [3.05, 3.63) is 86.1 Å². The number of carboxylic acid groups (broad SMARTS) is 1. The average Bonchev–Trinajstić information content (AvgIpc) is 3.65. The van der Waals surface area contributed by atoms with Gasteiger partial charge in [0.25, 0.3) is 17.7 Å². The zero-order valence-electron chi connectivity index (χ0n) is 20.4. The van der Waals surface area contributed by atoms with Crippen molar-refractivity contribution in [1.29, 1.82) is 0 Å². The van der Waals surface area contributed by atoms with Gasteiger partial charge in [-0.2, -0.15) is 13.2 Å². The van der Waals surface area contributed by atoms with Gasteiger partial charge in [0.1, 0.15) is 5.84 Å². The Morgan fingerprint density at radius 3 is 2.35 bits per heavy atom. The number of halogens is 4. The molecule has 0 saturated carbocycles. The Labute approximate surface area is 234 Å². The van der Waals surface area contributed by atoms with Gasteiger partial charge in [0, 0.05) is 18.7 Å². The molecule has 5 rings (SSSR count). The molecule has 3 amide bonds. The Bertz CT molecular complexity index is 1500. The number of carbonyl (C=O) groups excluding carboxylic acids is 3. The highest BCUT2D eigenvalue weighted by Crippen LogP contribution is 2.31. The number of carbonyl (C=O) groups is 4. The van der Waals surface area contributed by atoms with Gasteiger partial charge in [0.05, 0.1) is 32.6 Å². The Balaban J connectivity index is 0.000000470. The van der Waals surface area contributed by atoms with Gasteiger partial charge in [0.15, 0.2) is 0 Å². The van der Waals surface area contributed by atoms with Gasteiger partial charge in [-0.1, -0.05) is 41.9 Å². The largest absolute Gasteiger partial charge is 0.490 e. The van der Waals surface area contributed by atoms with Crippen LogP contribution < -0.4 is 10.6 Å². The summed E-state index contributed by atoms with van der Waals surface area (Å²) in [6, 6.07) is 16.1. The van der Waals surface area contributed by atoms with E-state index in [-0.39, 0.29) is 23.9 Å². The first-order valence-electron chi connectivity index (χ1n) is 11.7. The zero-order chi connectivity index (χ0) is 29.0. The Morgan fingerprint density at radius 1 is 1.07 bits per heavy atom. The molecule has 208 valence electrons. The fraction of sp³-hybridized carbons (Fsp3) is 0.192. The third-order valence-electron chi connectivity index (χ3n) is 5.81. The van der Waals surface area contributed by atoms with Gasteiger partial charge in [-0.25, -0.2) is 4.79 Å². The Hall–Kier alpha value is -4.23. The minimum atomic E-state index is -5.08. The SMILES string of the molecule is O=C(Nc1cccc2c1C(=O)N(CCc1ccc(C3=NCCN3)cc1)C2=O)c1ccc(Cl)s1.O=C(O)C(F)(F)F. The number of hydrogen-bond acceptors (Lipinski definition) is 7. The average molecular weight is 593 g/mol. The van der Waals surface area contributed by atoms with Crippen LogP contribution in [0.1, 0.15) is 41.5 Å². The molecular weight excluding hydrogens is 573 g/mol. The van der Waals surface area contributed by atoms with E-state index < -0.39 is 18.1 Å². The monoisotopic (exact) mass is 592 g/mol. The summed E-state index contributed by atoms with van der Waals surface area (Å²) in [5, 5.41) is 13.1. The standard InChI is InChI=1S/C24H19ClN4O3S.C2HF3O2/c25-19-9-8-18(33-19)22(30)28-17-3-1-2-16-20(17)24(32)29(23(16)31)13-10-14-4-6-15(7-5-14)21-26-11-12-27-21;3-2(4,5)1(6)7/h1-9H,10-13H2,(H,26,27)(H,28,30);(H,6,7). The second kappa shape index (κ2) is 11.9. The Morgan fingerprint density at radius 2 is 1.77 bits per heavy atom. The molecular formula is C26H20ClF3N4O5S. The van der Waals surface area contributed by atoms with Gasteiger partial charge >= 0.3 is 12.1 Å². The molecule has 2 aliphatic heterocycles. The third kappa shape index (κ3) is 6.49. The minimum Gasteiger partial charge on any atom is -0.475 e. The molecule has 0 radical (unpaired) electrons. The van der Waals surface area contributed by atoms with Crippen molar-refractivity contribution in [2.24, 2.45) is 4.99 Å². The molecule has 1 aromatic heterocycles. The molecule has 0 spiro atoms. The molecule has 0 saturated heterocycles. The molecule has 9 nitrogen and oxygen atoms in total. The van der Waals surface area contributed by atoms with E-state index in [0.29, 0.717) is 26.9 Å². The quantitative estimate of drug-likeness (QED) is 0.362. The van der Waals surface area contributed by atoms with Crippen LogP contribution >= 0.6 is 22.9 Å². The van der Waals surface area contributed by atoms with Crippen LogP contribution in [0.5, 0.6) is 0 Å². The highest BCUT2D eigenvalue weighted by molar-refractivity contribution is 7.18. The third-order valence-corrected chi connectivity index (χ3v) is 7.04. The molecule has 40 heavy (non-hydrogen) atoms. The van der Waals surface area contributed by atoms with Crippen molar-refractivity contribution in [3.63, 3.8) is 0 Å². The van der Waals surface area contributed by atoms with Crippen LogP contribution in [0.4, 0.5) is 18.9 Å². The number of nitrogens with zero attached hydrogens (tertiary/aromatic N) is 2. The number of aliphatic carboxylic acids is 1. The minimum absolute atomic E-state index is 0.221.